The van der Waals surface area contributed by atoms with Crippen LogP contribution in [0.15, 0.2) is 22.7 Å². The molecule has 5 heteroatoms. The molecule has 18 heavy (non-hydrogen) atoms. The molecule has 3 nitrogen and oxygen atoms in total. The molecular formula is C13H16BrN3S. The fraction of sp³-hybridized carbons (Fsp3) is 0.385. The number of hydrogen-bond donors (Lipinski definition) is 1. The van der Waals surface area contributed by atoms with Gasteiger partial charge in [0.15, 0.2) is 10.6 Å². The number of halogens is 1. The van der Waals surface area contributed by atoms with E-state index in [-0.39, 0.29) is 0 Å². The van der Waals surface area contributed by atoms with E-state index in [9.17, 15) is 0 Å². The lowest BCUT2D eigenvalue weighted by Crippen LogP contribution is -2.06. The summed E-state index contributed by atoms with van der Waals surface area (Å²) in [5.74, 6) is 1.43. The Morgan fingerprint density at radius 3 is 2.72 bits per heavy atom. The molecular weight excluding hydrogens is 310 g/mol. The highest BCUT2D eigenvalue weighted by atomic mass is 79.9. The highest BCUT2D eigenvalue weighted by molar-refractivity contribution is 9.10. The second kappa shape index (κ2) is 5.36. The number of aromatic amines is 1. The number of benzene rings is 1. The van der Waals surface area contributed by atoms with Gasteiger partial charge in [-0.1, -0.05) is 29.8 Å². The van der Waals surface area contributed by atoms with Crippen molar-refractivity contribution < 1.29 is 0 Å². The zero-order valence-electron chi connectivity index (χ0n) is 10.7. The average molecular weight is 326 g/mol. The lowest BCUT2D eigenvalue weighted by atomic mass is 10.1. The van der Waals surface area contributed by atoms with Crippen LogP contribution in [0, 0.1) is 17.6 Å². The first kappa shape index (κ1) is 13.5. The molecule has 0 saturated heterocycles. The number of aromatic nitrogens is 3. The molecule has 1 N–H and O–H groups in total. The summed E-state index contributed by atoms with van der Waals surface area (Å²) in [4.78, 5) is 0. The lowest BCUT2D eigenvalue weighted by Gasteiger charge is -2.10. The SMILES string of the molecule is Cc1cc(Br)cc(-c2n[nH]c(=S)n2CC(C)C)c1. The van der Waals surface area contributed by atoms with E-state index in [4.69, 9.17) is 12.2 Å². The molecule has 0 amide bonds. The first-order valence-corrected chi connectivity index (χ1v) is 7.10. The Morgan fingerprint density at radius 1 is 1.39 bits per heavy atom. The Morgan fingerprint density at radius 2 is 2.11 bits per heavy atom. The molecule has 0 bridgehead atoms. The van der Waals surface area contributed by atoms with E-state index in [0.29, 0.717) is 10.7 Å². The number of hydrogen-bond acceptors (Lipinski definition) is 2. The van der Waals surface area contributed by atoms with Crippen LogP contribution in [0.5, 0.6) is 0 Å². The highest BCUT2D eigenvalue weighted by Gasteiger charge is 2.11. The maximum atomic E-state index is 5.29. The molecule has 96 valence electrons. The van der Waals surface area contributed by atoms with E-state index >= 15 is 0 Å². The molecule has 1 aromatic heterocycles. The number of nitrogens with zero attached hydrogens (tertiary/aromatic N) is 2. The smallest absolute Gasteiger partial charge is 0.195 e. The van der Waals surface area contributed by atoms with E-state index in [1.54, 1.807) is 0 Å². The van der Waals surface area contributed by atoms with Gasteiger partial charge in [0.05, 0.1) is 0 Å². The number of nitrogens with one attached hydrogen (secondary N) is 1. The average Bonchev–Trinajstić information content (AvgIpc) is 2.58. The standard InChI is InChI=1S/C13H16BrN3S/c1-8(2)7-17-12(15-16-13(17)18)10-4-9(3)5-11(14)6-10/h4-6,8H,7H2,1-3H3,(H,16,18). The summed E-state index contributed by atoms with van der Waals surface area (Å²) in [7, 11) is 0. The minimum absolute atomic E-state index is 0.529. The van der Waals surface area contributed by atoms with Crippen LogP contribution >= 0.6 is 28.1 Å². The Labute approximate surface area is 120 Å². The van der Waals surface area contributed by atoms with Gasteiger partial charge in [-0.05, 0) is 48.8 Å². The quantitative estimate of drug-likeness (QED) is 0.852. The first-order chi connectivity index (χ1) is 8.47. The molecule has 0 aliphatic rings. The molecule has 0 saturated carbocycles. The summed E-state index contributed by atoms with van der Waals surface area (Å²) in [6.45, 7) is 7.29. The minimum Gasteiger partial charge on any atom is -0.300 e. The number of H-pyrrole nitrogens is 1. The van der Waals surface area contributed by atoms with Gasteiger partial charge in [-0.3, -0.25) is 9.67 Å². The molecule has 2 rings (SSSR count). The molecule has 0 aliphatic carbocycles. The van der Waals surface area contributed by atoms with Crippen LogP contribution in [0.1, 0.15) is 19.4 Å². The molecule has 0 unspecified atom stereocenters. The van der Waals surface area contributed by atoms with Gasteiger partial charge in [0.1, 0.15) is 0 Å². The Hall–Kier alpha value is -0.940. The van der Waals surface area contributed by atoms with Crippen molar-refractivity contribution in [2.75, 3.05) is 0 Å². The monoisotopic (exact) mass is 325 g/mol. The van der Waals surface area contributed by atoms with Gasteiger partial charge in [-0.25, -0.2) is 0 Å². The summed E-state index contributed by atoms with van der Waals surface area (Å²) in [5.41, 5.74) is 2.28. The third-order valence-electron chi connectivity index (χ3n) is 2.61. The molecule has 2 aromatic rings. The molecule has 0 atom stereocenters. The van der Waals surface area contributed by atoms with E-state index in [0.717, 1.165) is 22.4 Å². The summed E-state index contributed by atoms with van der Waals surface area (Å²) < 4.78 is 3.79. The topological polar surface area (TPSA) is 33.6 Å². The fourth-order valence-electron chi connectivity index (χ4n) is 1.94. The van der Waals surface area contributed by atoms with E-state index in [1.807, 2.05) is 0 Å². The Balaban J connectivity index is 2.53. The molecule has 0 fully saturated rings. The molecule has 1 heterocycles. The van der Waals surface area contributed by atoms with Crippen molar-refractivity contribution in [2.24, 2.45) is 5.92 Å². The van der Waals surface area contributed by atoms with Crippen LogP contribution < -0.4 is 0 Å². The van der Waals surface area contributed by atoms with Crippen LogP contribution in [-0.2, 0) is 6.54 Å². The third kappa shape index (κ3) is 2.90. The van der Waals surface area contributed by atoms with Crippen LogP contribution in [0.3, 0.4) is 0 Å². The summed E-state index contributed by atoms with van der Waals surface area (Å²) >= 11 is 8.81. The largest absolute Gasteiger partial charge is 0.300 e. The number of aryl methyl sites for hydroxylation is 1. The predicted molar refractivity (Wildman–Crippen MR) is 80.1 cm³/mol. The van der Waals surface area contributed by atoms with Gasteiger partial charge in [0, 0.05) is 16.6 Å². The van der Waals surface area contributed by atoms with Gasteiger partial charge in [-0.15, -0.1) is 0 Å². The van der Waals surface area contributed by atoms with Crippen molar-refractivity contribution in [1.82, 2.24) is 14.8 Å². The molecule has 0 radical (unpaired) electrons. The van der Waals surface area contributed by atoms with E-state index in [1.165, 1.54) is 5.56 Å². The van der Waals surface area contributed by atoms with Crippen molar-refractivity contribution >= 4 is 28.1 Å². The zero-order chi connectivity index (χ0) is 13.3. The first-order valence-electron chi connectivity index (χ1n) is 5.90. The van der Waals surface area contributed by atoms with Gasteiger partial charge < -0.3 is 0 Å². The van der Waals surface area contributed by atoms with Crippen LogP contribution in [-0.4, -0.2) is 14.8 Å². The van der Waals surface area contributed by atoms with E-state index in [2.05, 4.69) is 69.7 Å². The molecule has 0 spiro atoms. The lowest BCUT2D eigenvalue weighted by molar-refractivity contribution is 0.521. The minimum atomic E-state index is 0.529. The summed E-state index contributed by atoms with van der Waals surface area (Å²) in [6, 6.07) is 6.26. The highest BCUT2D eigenvalue weighted by Crippen LogP contribution is 2.24. The fourth-order valence-corrected chi connectivity index (χ4v) is 2.75. The van der Waals surface area contributed by atoms with E-state index < -0.39 is 0 Å². The zero-order valence-corrected chi connectivity index (χ0v) is 13.1. The van der Waals surface area contributed by atoms with Crippen LogP contribution in [0.25, 0.3) is 11.4 Å². The molecule has 1 aromatic carbocycles. The Bertz CT molecular complexity index is 593. The van der Waals surface area contributed by atoms with Gasteiger partial charge in [-0.2, -0.15) is 5.10 Å². The van der Waals surface area contributed by atoms with Gasteiger partial charge in [0.2, 0.25) is 0 Å². The van der Waals surface area contributed by atoms with Crippen LogP contribution in [0.2, 0.25) is 0 Å². The second-order valence-electron chi connectivity index (χ2n) is 4.87. The predicted octanol–water partition coefficient (Wildman–Crippen LogP) is 4.33. The second-order valence-corrected chi connectivity index (χ2v) is 6.18. The Kier molecular flexibility index (Phi) is 4.02. The van der Waals surface area contributed by atoms with Crippen molar-refractivity contribution in [3.8, 4) is 11.4 Å². The maximum Gasteiger partial charge on any atom is 0.195 e. The van der Waals surface area contributed by atoms with Gasteiger partial charge in [0.25, 0.3) is 0 Å². The van der Waals surface area contributed by atoms with Crippen LogP contribution in [0.4, 0.5) is 0 Å². The molecule has 0 aliphatic heterocycles. The normalized spacial score (nSPS) is 11.2. The van der Waals surface area contributed by atoms with Crippen molar-refractivity contribution in [3.05, 3.63) is 33.0 Å². The third-order valence-corrected chi connectivity index (χ3v) is 3.38. The summed E-state index contributed by atoms with van der Waals surface area (Å²) in [6.07, 6.45) is 0. The van der Waals surface area contributed by atoms with Gasteiger partial charge >= 0.3 is 0 Å². The van der Waals surface area contributed by atoms with Crippen molar-refractivity contribution in [2.45, 2.75) is 27.3 Å². The number of rotatable bonds is 3. The maximum absolute atomic E-state index is 5.29. The van der Waals surface area contributed by atoms with Crippen molar-refractivity contribution in [3.63, 3.8) is 0 Å². The van der Waals surface area contributed by atoms with Crippen molar-refractivity contribution in [1.29, 1.82) is 0 Å². The summed E-state index contributed by atoms with van der Waals surface area (Å²) in [5, 5.41) is 7.23.